The molecule has 4 rings (SSSR count). The molecule has 2 N–H and O–H groups in total. The lowest BCUT2D eigenvalue weighted by molar-refractivity contribution is -0.384. The van der Waals surface area contributed by atoms with Gasteiger partial charge < -0.3 is 5.32 Å². The van der Waals surface area contributed by atoms with Crippen LogP contribution < -0.4 is 5.32 Å². The Morgan fingerprint density at radius 2 is 2.00 bits per heavy atom. The summed E-state index contributed by atoms with van der Waals surface area (Å²) < 4.78 is 0. The average molecular weight is 335 g/mol. The maximum Gasteiger partial charge on any atom is 0.270 e. The fourth-order valence-corrected chi connectivity index (χ4v) is 3.05. The normalized spacial score (nSPS) is 12.8. The SMILES string of the molecule is Cc1nc(-c2ccc(-c3cccc([N+](=O)[O-])c3)c3c2C(=O)NC3)n[nH]1. The molecule has 2 aromatic carbocycles. The molecule has 124 valence electrons. The standard InChI is InChI=1S/C17H13N5O3/c1-9-19-16(21-20-9)13-6-5-12(14-8-18-17(23)15(13)14)10-3-2-4-11(7-10)22(24)25/h2-7H,8H2,1H3,(H,18,23)(H,19,20,21). The Bertz CT molecular complexity index is 1020. The quantitative estimate of drug-likeness (QED) is 0.564. The molecule has 0 radical (unpaired) electrons. The van der Waals surface area contributed by atoms with Crippen molar-refractivity contribution >= 4 is 11.6 Å². The molecule has 0 atom stereocenters. The van der Waals surface area contributed by atoms with Gasteiger partial charge in [0.1, 0.15) is 5.82 Å². The number of rotatable bonds is 3. The third-order valence-corrected chi connectivity index (χ3v) is 4.17. The minimum absolute atomic E-state index is 0.0113. The van der Waals surface area contributed by atoms with E-state index in [-0.39, 0.29) is 11.6 Å². The highest BCUT2D eigenvalue weighted by Gasteiger charge is 2.28. The monoisotopic (exact) mass is 335 g/mol. The molecule has 0 aliphatic carbocycles. The van der Waals surface area contributed by atoms with E-state index in [9.17, 15) is 14.9 Å². The summed E-state index contributed by atoms with van der Waals surface area (Å²) in [5, 5.41) is 20.7. The van der Waals surface area contributed by atoms with E-state index in [2.05, 4.69) is 20.5 Å². The Morgan fingerprint density at radius 1 is 1.20 bits per heavy atom. The van der Waals surface area contributed by atoms with Crippen LogP contribution in [0.1, 0.15) is 21.7 Å². The first-order valence-corrected chi connectivity index (χ1v) is 7.63. The average Bonchev–Trinajstić information content (AvgIpc) is 3.21. The largest absolute Gasteiger partial charge is 0.348 e. The molecule has 8 nitrogen and oxygen atoms in total. The second-order valence-electron chi connectivity index (χ2n) is 5.75. The summed E-state index contributed by atoms with van der Waals surface area (Å²) in [5.74, 6) is 0.918. The minimum atomic E-state index is -0.433. The Labute approximate surface area is 142 Å². The van der Waals surface area contributed by atoms with Crippen LogP contribution >= 0.6 is 0 Å². The molecule has 3 aromatic rings. The number of non-ortho nitro benzene ring substituents is 1. The van der Waals surface area contributed by atoms with Crippen LogP contribution in [0.25, 0.3) is 22.5 Å². The van der Waals surface area contributed by atoms with Crippen molar-refractivity contribution in [2.75, 3.05) is 0 Å². The highest BCUT2D eigenvalue weighted by Crippen LogP contribution is 2.35. The number of hydrogen-bond acceptors (Lipinski definition) is 5. The number of nitrogens with one attached hydrogen (secondary N) is 2. The number of H-pyrrole nitrogens is 1. The summed E-state index contributed by atoms with van der Waals surface area (Å²) in [6.45, 7) is 2.15. The summed E-state index contributed by atoms with van der Waals surface area (Å²) in [6, 6.07) is 10.0. The Hall–Kier alpha value is -3.55. The van der Waals surface area contributed by atoms with Crippen LogP contribution in [0.3, 0.4) is 0 Å². The highest BCUT2D eigenvalue weighted by atomic mass is 16.6. The fourth-order valence-electron chi connectivity index (χ4n) is 3.05. The molecule has 8 heteroatoms. The maximum atomic E-state index is 12.3. The van der Waals surface area contributed by atoms with E-state index >= 15 is 0 Å². The summed E-state index contributed by atoms with van der Waals surface area (Å²) in [6.07, 6.45) is 0. The van der Waals surface area contributed by atoms with Gasteiger partial charge in [-0.05, 0) is 29.7 Å². The molecule has 1 aromatic heterocycles. The number of carbonyl (C=O) groups excluding carboxylic acids is 1. The van der Waals surface area contributed by atoms with E-state index < -0.39 is 4.92 Å². The number of aromatic amines is 1. The van der Waals surface area contributed by atoms with Crippen molar-refractivity contribution in [2.45, 2.75) is 13.5 Å². The van der Waals surface area contributed by atoms with Gasteiger partial charge in [0.2, 0.25) is 0 Å². The van der Waals surface area contributed by atoms with Crippen LogP contribution in [0.2, 0.25) is 0 Å². The molecular formula is C17H13N5O3. The van der Waals surface area contributed by atoms with Crippen LogP contribution in [-0.2, 0) is 6.54 Å². The molecule has 0 saturated carbocycles. The molecule has 0 saturated heterocycles. The minimum Gasteiger partial charge on any atom is -0.348 e. The summed E-state index contributed by atoms with van der Waals surface area (Å²) >= 11 is 0. The predicted octanol–water partition coefficient (Wildman–Crippen LogP) is 2.60. The van der Waals surface area contributed by atoms with Crippen LogP contribution in [-0.4, -0.2) is 26.0 Å². The number of amides is 1. The first-order chi connectivity index (χ1) is 12.0. The molecule has 0 unspecified atom stereocenters. The molecule has 0 spiro atoms. The summed E-state index contributed by atoms with van der Waals surface area (Å²) in [4.78, 5) is 27.2. The van der Waals surface area contributed by atoms with E-state index in [1.807, 2.05) is 6.07 Å². The number of hydrogen-bond donors (Lipinski definition) is 2. The Balaban J connectivity index is 1.91. The second-order valence-corrected chi connectivity index (χ2v) is 5.75. The predicted molar refractivity (Wildman–Crippen MR) is 89.8 cm³/mol. The van der Waals surface area contributed by atoms with Gasteiger partial charge in [-0.2, -0.15) is 5.10 Å². The third-order valence-electron chi connectivity index (χ3n) is 4.17. The van der Waals surface area contributed by atoms with E-state index in [0.717, 1.165) is 11.1 Å². The van der Waals surface area contributed by atoms with Gasteiger partial charge in [0.15, 0.2) is 5.82 Å². The Morgan fingerprint density at radius 3 is 2.72 bits per heavy atom. The van der Waals surface area contributed by atoms with E-state index in [1.165, 1.54) is 12.1 Å². The van der Waals surface area contributed by atoms with Gasteiger partial charge in [-0.25, -0.2) is 4.98 Å². The topological polar surface area (TPSA) is 114 Å². The highest BCUT2D eigenvalue weighted by molar-refractivity contribution is 6.06. The van der Waals surface area contributed by atoms with E-state index in [1.54, 1.807) is 25.1 Å². The van der Waals surface area contributed by atoms with Crippen molar-refractivity contribution < 1.29 is 9.72 Å². The number of nitro benzene ring substituents is 1. The fraction of sp³-hybridized carbons (Fsp3) is 0.118. The van der Waals surface area contributed by atoms with Crippen molar-refractivity contribution in [1.29, 1.82) is 0 Å². The van der Waals surface area contributed by atoms with Crippen LogP contribution in [0, 0.1) is 17.0 Å². The lowest BCUT2D eigenvalue weighted by Crippen LogP contribution is -2.13. The van der Waals surface area contributed by atoms with Crippen molar-refractivity contribution in [1.82, 2.24) is 20.5 Å². The first-order valence-electron chi connectivity index (χ1n) is 7.63. The number of carbonyl (C=O) groups is 1. The van der Waals surface area contributed by atoms with Gasteiger partial charge in [0.25, 0.3) is 11.6 Å². The molecule has 0 fully saturated rings. The molecule has 1 aliphatic heterocycles. The molecule has 1 aliphatic rings. The van der Waals surface area contributed by atoms with Gasteiger partial charge in [-0.1, -0.05) is 18.2 Å². The lowest BCUT2D eigenvalue weighted by atomic mass is 9.93. The van der Waals surface area contributed by atoms with Gasteiger partial charge in [-0.3, -0.25) is 20.0 Å². The molecule has 0 bridgehead atoms. The number of nitro groups is 1. The Kier molecular flexibility index (Phi) is 3.31. The second kappa shape index (κ2) is 5.52. The number of aromatic nitrogens is 3. The van der Waals surface area contributed by atoms with Gasteiger partial charge >= 0.3 is 0 Å². The summed E-state index contributed by atoms with van der Waals surface area (Å²) in [5.41, 5.74) is 3.45. The number of aryl methyl sites for hydroxylation is 1. The van der Waals surface area contributed by atoms with Gasteiger partial charge in [0, 0.05) is 24.2 Å². The molecule has 1 amide bonds. The number of fused-ring (bicyclic) bond motifs is 1. The zero-order chi connectivity index (χ0) is 17.6. The van der Waals surface area contributed by atoms with E-state index in [4.69, 9.17) is 0 Å². The zero-order valence-electron chi connectivity index (χ0n) is 13.2. The number of benzene rings is 2. The van der Waals surface area contributed by atoms with Crippen molar-refractivity contribution in [3.05, 3.63) is 63.5 Å². The van der Waals surface area contributed by atoms with Gasteiger partial charge in [-0.15, -0.1) is 0 Å². The molecule has 2 heterocycles. The van der Waals surface area contributed by atoms with Gasteiger partial charge in [0.05, 0.1) is 10.5 Å². The number of nitrogens with zero attached hydrogens (tertiary/aromatic N) is 3. The van der Waals surface area contributed by atoms with Crippen molar-refractivity contribution in [3.8, 4) is 22.5 Å². The first kappa shape index (κ1) is 15.0. The van der Waals surface area contributed by atoms with Crippen molar-refractivity contribution in [2.24, 2.45) is 0 Å². The van der Waals surface area contributed by atoms with Crippen LogP contribution in [0.4, 0.5) is 5.69 Å². The molecular weight excluding hydrogens is 322 g/mol. The van der Waals surface area contributed by atoms with Crippen LogP contribution in [0.15, 0.2) is 36.4 Å². The maximum absolute atomic E-state index is 12.3. The third kappa shape index (κ3) is 2.44. The smallest absolute Gasteiger partial charge is 0.270 e. The lowest BCUT2D eigenvalue weighted by Gasteiger charge is -2.10. The van der Waals surface area contributed by atoms with Crippen LogP contribution in [0.5, 0.6) is 0 Å². The zero-order valence-corrected chi connectivity index (χ0v) is 13.2. The summed E-state index contributed by atoms with van der Waals surface area (Å²) in [7, 11) is 0. The van der Waals surface area contributed by atoms with Crippen molar-refractivity contribution in [3.63, 3.8) is 0 Å². The van der Waals surface area contributed by atoms with E-state index in [0.29, 0.717) is 34.9 Å². The molecule has 25 heavy (non-hydrogen) atoms.